The van der Waals surface area contributed by atoms with Crippen molar-refractivity contribution in [1.82, 2.24) is 5.32 Å². The molecule has 2 aromatic rings. The number of benzene rings is 1. The van der Waals surface area contributed by atoms with Gasteiger partial charge in [-0.2, -0.15) is 0 Å². The molecule has 1 heterocycles. The van der Waals surface area contributed by atoms with E-state index in [4.69, 9.17) is 11.6 Å². The van der Waals surface area contributed by atoms with Gasteiger partial charge in [0.05, 0.1) is 4.34 Å². The highest BCUT2D eigenvalue weighted by atomic mass is 35.5. The maximum absolute atomic E-state index is 13.4. The number of rotatable bonds is 5. The summed E-state index contributed by atoms with van der Waals surface area (Å²) in [5.74, 6) is -0.709. The molecule has 21 heavy (non-hydrogen) atoms. The van der Waals surface area contributed by atoms with E-state index in [-0.39, 0.29) is 18.3 Å². The highest BCUT2D eigenvalue weighted by Gasteiger charge is 2.14. The second kappa shape index (κ2) is 7.26. The molecule has 0 radical (unpaired) electrons. The maximum atomic E-state index is 13.4. The summed E-state index contributed by atoms with van der Waals surface area (Å²) in [4.78, 5) is 13.1. The van der Waals surface area contributed by atoms with Crippen LogP contribution in [0.15, 0.2) is 35.2 Å². The molecule has 0 saturated carbocycles. The van der Waals surface area contributed by atoms with Gasteiger partial charge in [-0.15, -0.1) is 23.1 Å². The standard InChI is InChI=1S/C14H13ClFNO2S2/c1-20-12-6-8(2-3-9(12)16)14(19)17-7-10(18)11-4-5-13(15)21-11/h2-6,10,18H,7H2,1H3,(H,17,19). The third kappa shape index (κ3) is 4.20. The van der Waals surface area contributed by atoms with Crippen molar-refractivity contribution in [2.24, 2.45) is 0 Å². The zero-order valence-electron chi connectivity index (χ0n) is 11.1. The minimum absolute atomic E-state index is 0.0711. The molecule has 1 unspecified atom stereocenters. The molecule has 0 fully saturated rings. The minimum atomic E-state index is -0.813. The largest absolute Gasteiger partial charge is 0.386 e. The molecule has 1 atom stereocenters. The molecule has 2 N–H and O–H groups in total. The third-order valence-electron chi connectivity index (χ3n) is 2.79. The van der Waals surface area contributed by atoms with Gasteiger partial charge >= 0.3 is 0 Å². The van der Waals surface area contributed by atoms with Crippen molar-refractivity contribution < 1.29 is 14.3 Å². The number of nitrogens with one attached hydrogen (secondary N) is 1. The normalized spacial score (nSPS) is 12.2. The Balaban J connectivity index is 1.98. The average molecular weight is 346 g/mol. The maximum Gasteiger partial charge on any atom is 0.251 e. The molecular weight excluding hydrogens is 333 g/mol. The van der Waals surface area contributed by atoms with Crippen LogP contribution in [0.1, 0.15) is 21.3 Å². The van der Waals surface area contributed by atoms with Gasteiger partial charge in [0.25, 0.3) is 5.91 Å². The van der Waals surface area contributed by atoms with E-state index < -0.39 is 6.10 Å². The number of thioether (sulfide) groups is 1. The Morgan fingerprint density at radius 1 is 1.48 bits per heavy atom. The van der Waals surface area contributed by atoms with Crippen LogP contribution in [0.3, 0.4) is 0 Å². The first-order valence-corrected chi connectivity index (χ1v) is 8.48. The van der Waals surface area contributed by atoms with Crippen LogP contribution >= 0.6 is 34.7 Å². The number of thiophene rings is 1. The molecule has 0 aliphatic carbocycles. The van der Waals surface area contributed by atoms with Crippen molar-refractivity contribution in [3.8, 4) is 0 Å². The fraction of sp³-hybridized carbons (Fsp3) is 0.214. The summed E-state index contributed by atoms with van der Waals surface area (Å²) in [6.45, 7) is 0.0711. The smallest absolute Gasteiger partial charge is 0.251 e. The van der Waals surface area contributed by atoms with Crippen molar-refractivity contribution in [1.29, 1.82) is 0 Å². The van der Waals surface area contributed by atoms with Gasteiger partial charge in [-0.3, -0.25) is 4.79 Å². The predicted molar refractivity (Wildman–Crippen MR) is 84.8 cm³/mol. The van der Waals surface area contributed by atoms with Crippen LogP contribution < -0.4 is 5.32 Å². The minimum Gasteiger partial charge on any atom is -0.386 e. The highest BCUT2D eigenvalue weighted by molar-refractivity contribution is 7.98. The van der Waals surface area contributed by atoms with Crippen LogP contribution in [-0.4, -0.2) is 23.8 Å². The molecule has 1 aromatic heterocycles. The Bertz CT molecular complexity index is 648. The monoisotopic (exact) mass is 345 g/mol. The van der Waals surface area contributed by atoms with Gasteiger partial charge in [-0.25, -0.2) is 4.39 Å². The first-order chi connectivity index (χ1) is 10.0. The lowest BCUT2D eigenvalue weighted by Gasteiger charge is -2.11. The van der Waals surface area contributed by atoms with Gasteiger partial charge in [0.2, 0.25) is 0 Å². The summed E-state index contributed by atoms with van der Waals surface area (Å²) in [7, 11) is 0. The van der Waals surface area contributed by atoms with E-state index in [2.05, 4.69) is 5.32 Å². The van der Waals surface area contributed by atoms with E-state index in [9.17, 15) is 14.3 Å². The van der Waals surface area contributed by atoms with E-state index in [1.54, 1.807) is 18.4 Å². The van der Waals surface area contributed by atoms with E-state index in [0.717, 1.165) is 0 Å². The van der Waals surface area contributed by atoms with Crippen LogP contribution in [0, 0.1) is 5.82 Å². The molecule has 0 aliphatic heterocycles. The molecular formula is C14H13ClFNO2S2. The molecule has 1 amide bonds. The number of hydrogen-bond acceptors (Lipinski definition) is 4. The summed E-state index contributed by atoms with van der Waals surface area (Å²) < 4.78 is 13.9. The van der Waals surface area contributed by atoms with Gasteiger partial charge < -0.3 is 10.4 Å². The second-order valence-electron chi connectivity index (χ2n) is 4.22. The Hall–Kier alpha value is -1.08. The molecule has 1 aromatic carbocycles. The number of aliphatic hydroxyl groups is 1. The lowest BCUT2D eigenvalue weighted by Crippen LogP contribution is -2.28. The molecule has 3 nitrogen and oxygen atoms in total. The summed E-state index contributed by atoms with van der Waals surface area (Å²) in [5.41, 5.74) is 0.358. The van der Waals surface area contributed by atoms with Crippen molar-refractivity contribution in [3.63, 3.8) is 0 Å². The first-order valence-electron chi connectivity index (χ1n) is 6.06. The van der Waals surface area contributed by atoms with E-state index in [1.807, 2.05) is 0 Å². The van der Waals surface area contributed by atoms with Crippen LogP contribution in [0.25, 0.3) is 0 Å². The van der Waals surface area contributed by atoms with Gasteiger partial charge in [0, 0.05) is 21.9 Å². The van der Waals surface area contributed by atoms with Gasteiger partial charge in [-0.05, 0) is 36.6 Å². The van der Waals surface area contributed by atoms with Crippen LogP contribution in [0.2, 0.25) is 4.34 Å². The molecule has 0 saturated heterocycles. The van der Waals surface area contributed by atoms with E-state index >= 15 is 0 Å². The summed E-state index contributed by atoms with van der Waals surface area (Å²) in [5, 5.41) is 12.6. The second-order valence-corrected chi connectivity index (χ2v) is 6.81. The van der Waals surface area contributed by atoms with Crippen molar-refractivity contribution >= 4 is 40.6 Å². The average Bonchev–Trinajstić information content (AvgIpc) is 2.91. The molecule has 7 heteroatoms. The van der Waals surface area contributed by atoms with Gasteiger partial charge in [0.1, 0.15) is 11.9 Å². The lowest BCUT2D eigenvalue weighted by molar-refractivity contribution is 0.0917. The van der Waals surface area contributed by atoms with Crippen molar-refractivity contribution in [2.45, 2.75) is 11.0 Å². The highest BCUT2D eigenvalue weighted by Crippen LogP contribution is 2.26. The first kappa shape index (κ1) is 16.3. The summed E-state index contributed by atoms with van der Waals surface area (Å²) >= 11 is 8.29. The Morgan fingerprint density at radius 3 is 2.86 bits per heavy atom. The van der Waals surface area contributed by atoms with Crippen LogP contribution in [-0.2, 0) is 0 Å². The van der Waals surface area contributed by atoms with Crippen LogP contribution in [0.5, 0.6) is 0 Å². The lowest BCUT2D eigenvalue weighted by atomic mass is 10.2. The Labute approximate surface area is 135 Å². The topological polar surface area (TPSA) is 49.3 Å². The van der Waals surface area contributed by atoms with Crippen LogP contribution in [0.4, 0.5) is 4.39 Å². The number of halogens is 2. The van der Waals surface area contributed by atoms with E-state index in [1.165, 1.54) is 41.3 Å². The molecule has 0 aliphatic rings. The molecule has 0 spiro atoms. The molecule has 112 valence electrons. The number of amides is 1. The molecule has 0 bridgehead atoms. The third-order valence-corrected chi connectivity index (χ3v) is 4.88. The Morgan fingerprint density at radius 2 is 2.24 bits per heavy atom. The van der Waals surface area contributed by atoms with Crippen molar-refractivity contribution in [3.05, 3.63) is 50.9 Å². The zero-order chi connectivity index (χ0) is 15.4. The fourth-order valence-corrected chi connectivity index (χ4v) is 3.26. The fourth-order valence-electron chi connectivity index (χ4n) is 1.70. The summed E-state index contributed by atoms with van der Waals surface area (Å²) in [6.07, 6.45) is 0.927. The summed E-state index contributed by atoms with van der Waals surface area (Å²) in [6, 6.07) is 7.57. The van der Waals surface area contributed by atoms with Gasteiger partial charge in [0.15, 0.2) is 0 Å². The SMILES string of the molecule is CSc1cc(C(=O)NCC(O)c2ccc(Cl)s2)ccc1F. The number of carbonyl (C=O) groups excluding carboxylic acids is 1. The Kier molecular flexibility index (Phi) is 5.64. The van der Waals surface area contributed by atoms with Crippen molar-refractivity contribution in [2.75, 3.05) is 12.8 Å². The number of carbonyl (C=O) groups is 1. The number of hydrogen-bond donors (Lipinski definition) is 2. The number of aliphatic hydroxyl groups excluding tert-OH is 1. The molecule has 2 rings (SSSR count). The zero-order valence-corrected chi connectivity index (χ0v) is 13.5. The quantitative estimate of drug-likeness (QED) is 0.812. The van der Waals surface area contributed by atoms with E-state index in [0.29, 0.717) is 19.7 Å². The predicted octanol–water partition coefficient (Wildman–Crippen LogP) is 3.73. The van der Waals surface area contributed by atoms with Gasteiger partial charge in [-0.1, -0.05) is 11.6 Å².